The summed E-state index contributed by atoms with van der Waals surface area (Å²) in [6.45, 7) is 3.12. The third-order valence-corrected chi connectivity index (χ3v) is 7.78. The van der Waals surface area contributed by atoms with Crippen LogP contribution in [0.2, 0.25) is 5.02 Å². The number of hydrogen-bond donors (Lipinski definition) is 0. The van der Waals surface area contributed by atoms with Crippen LogP contribution in [0.1, 0.15) is 24.5 Å². The highest BCUT2D eigenvalue weighted by atomic mass is 79.9. The summed E-state index contributed by atoms with van der Waals surface area (Å²) < 4.78 is 6.97. The van der Waals surface area contributed by atoms with Crippen LogP contribution in [-0.4, -0.2) is 22.5 Å². The number of fused-ring (bicyclic) bond motifs is 1. The van der Waals surface area contributed by atoms with E-state index in [4.69, 9.17) is 21.3 Å². The molecule has 37 heavy (non-hydrogen) atoms. The zero-order valence-corrected chi connectivity index (χ0v) is 23.3. The van der Waals surface area contributed by atoms with E-state index in [0.717, 1.165) is 33.5 Å². The molecule has 0 aromatic heterocycles. The molecule has 0 aliphatic carbocycles. The highest BCUT2D eigenvalue weighted by Gasteiger charge is 2.32. The highest BCUT2D eigenvalue weighted by Crippen LogP contribution is 2.36. The molecule has 0 bridgehead atoms. The topological polar surface area (TPSA) is 41.9 Å². The normalized spacial score (nSPS) is 15.8. The van der Waals surface area contributed by atoms with Gasteiger partial charge in [-0.15, -0.1) is 0 Å². The van der Waals surface area contributed by atoms with Crippen LogP contribution in [0.3, 0.4) is 0 Å². The number of hydrogen-bond acceptors (Lipinski definition) is 4. The molecule has 0 N–H and O–H groups in total. The molecule has 4 nitrogen and oxygen atoms in total. The average Bonchev–Trinajstić information content (AvgIpc) is 3.18. The summed E-state index contributed by atoms with van der Waals surface area (Å²) in [7, 11) is 0. The fraction of sp³-hybridized carbons (Fsp3) is 0.133. The molecule has 1 heterocycles. The SMILES string of the molecule is CCCN1C(=O)/C(=C/c2ccc(OCc3cccc4ccccc34)c(Br)c2)SC1=Nc1ccc(Cl)cc1. The second kappa shape index (κ2) is 11.5. The number of thioether (sulfide) groups is 1. The summed E-state index contributed by atoms with van der Waals surface area (Å²) in [6.07, 6.45) is 2.74. The van der Waals surface area contributed by atoms with E-state index in [-0.39, 0.29) is 5.91 Å². The van der Waals surface area contributed by atoms with Crippen molar-refractivity contribution in [2.75, 3.05) is 6.54 Å². The lowest BCUT2D eigenvalue weighted by Gasteiger charge is -2.14. The van der Waals surface area contributed by atoms with Crippen molar-refractivity contribution in [2.45, 2.75) is 20.0 Å². The summed E-state index contributed by atoms with van der Waals surface area (Å²) in [5, 5.41) is 3.71. The molecule has 186 valence electrons. The first-order valence-electron chi connectivity index (χ1n) is 12.0. The van der Waals surface area contributed by atoms with Gasteiger partial charge in [-0.2, -0.15) is 0 Å². The average molecular weight is 592 g/mol. The Labute approximate surface area is 234 Å². The Hall–Kier alpha value is -3.06. The molecule has 0 radical (unpaired) electrons. The van der Waals surface area contributed by atoms with Gasteiger partial charge in [0.15, 0.2) is 5.17 Å². The molecule has 5 rings (SSSR count). The van der Waals surface area contributed by atoms with E-state index in [1.165, 1.54) is 22.5 Å². The molecular weight excluding hydrogens is 568 g/mol. The third kappa shape index (κ3) is 5.93. The van der Waals surface area contributed by atoms with Gasteiger partial charge in [0.1, 0.15) is 12.4 Å². The predicted molar refractivity (Wildman–Crippen MR) is 159 cm³/mol. The number of carbonyl (C=O) groups is 1. The Kier molecular flexibility index (Phi) is 7.99. The summed E-state index contributed by atoms with van der Waals surface area (Å²) in [6, 6.07) is 27.7. The number of benzene rings is 4. The predicted octanol–water partition coefficient (Wildman–Crippen LogP) is 8.85. The number of rotatable bonds is 7. The molecular formula is C30H24BrClN2O2S. The van der Waals surface area contributed by atoms with E-state index in [1.807, 2.05) is 61.5 Å². The van der Waals surface area contributed by atoms with Crippen molar-refractivity contribution in [2.24, 2.45) is 4.99 Å². The van der Waals surface area contributed by atoms with Crippen molar-refractivity contribution in [3.63, 3.8) is 0 Å². The van der Waals surface area contributed by atoms with Crippen LogP contribution in [0, 0.1) is 0 Å². The largest absolute Gasteiger partial charge is 0.488 e. The maximum Gasteiger partial charge on any atom is 0.266 e. The first-order chi connectivity index (χ1) is 18.0. The third-order valence-electron chi connectivity index (χ3n) is 5.90. The number of nitrogens with zero attached hydrogens (tertiary/aromatic N) is 2. The fourth-order valence-electron chi connectivity index (χ4n) is 4.09. The van der Waals surface area contributed by atoms with E-state index >= 15 is 0 Å². The molecule has 1 saturated heterocycles. The van der Waals surface area contributed by atoms with E-state index in [0.29, 0.717) is 28.2 Å². The van der Waals surface area contributed by atoms with Crippen molar-refractivity contribution in [1.29, 1.82) is 0 Å². The Balaban J connectivity index is 1.34. The number of amidine groups is 1. The van der Waals surface area contributed by atoms with Gasteiger partial charge in [-0.25, -0.2) is 4.99 Å². The van der Waals surface area contributed by atoms with E-state index < -0.39 is 0 Å². The van der Waals surface area contributed by atoms with Gasteiger partial charge in [-0.3, -0.25) is 9.69 Å². The van der Waals surface area contributed by atoms with Crippen molar-refractivity contribution in [1.82, 2.24) is 4.90 Å². The van der Waals surface area contributed by atoms with Crippen LogP contribution in [0.15, 0.2) is 99.3 Å². The molecule has 1 amide bonds. The summed E-state index contributed by atoms with van der Waals surface area (Å²) in [5.74, 6) is 0.713. The summed E-state index contributed by atoms with van der Waals surface area (Å²) in [4.78, 5) is 20.2. The molecule has 0 saturated carbocycles. The molecule has 7 heteroatoms. The number of ether oxygens (including phenoxy) is 1. The molecule has 1 aliphatic rings. The highest BCUT2D eigenvalue weighted by molar-refractivity contribution is 9.10. The smallest absolute Gasteiger partial charge is 0.266 e. The van der Waals surface area contributed by atoms with Crippen molar-refractivity contribution in [3.8, 4) is 5.75 Å². The van der Waals surface area contributed by atoms with Crippen molar-refractivity contribution in [3.05, 3.63) is 110 Å². The van der Waals surface area contributed by atoms with E-state index in [1.54, 1.807) is 17.0 Å². The Morgan fingerprint density at radius 3 is 2.59 bits per heavy atom. The monoisotopic (exact) mass is 590 g/mol. The lowest BCUT2D eigenvalue weighted by Crippen LogP contribution is -2.29. The lowest BCUT2D eigenvalue weighted by atomic mass is 10.1. The zero-order chi connectivity index (χ0) is 25.8. The Bertz CT molecular complexity index is 1510. The molecule has 0 spiro atoms. The van der Waals surface area contributed by atoms with Gasteiger partial charge in [0.25, 0.3) is 5.91 Å². The van der Waals surface area contributed by atoms with Gasteiger partial charge < -0.3 is 4.74 Å². The molecule has 1 aliphatic heterocycles. The maximum atomic E-state index is 13.2. The summed E-state index contributed by atoms with van der Waals surface area (Å²) in [5.41, 5.74) is 2.80. The van der Waals surface area contributed by atoms with Crippen LogP contribution in [0.5, 0.6) is 5.75 Å². The van der Waals surface area contributed by atoms with E-state index in [2.05, 4.69) is 40.2 Å². The van der Waals surface area contributed by atoms with Gasteiger partial charge in [-0.05, 0) is 98.5 Å². The van der Waals surface area contributed by atoms with Crippen LogP contribution in [0.25, 0.3) is 16.8 Å². The number of aliphatic imine (C=N–C) groups is 1. The van der Waals surface area contributed by atoms with E-state index in [9.17, 15) is 4.79 Å². The Morgan fingerprint density at radius 1 is 1.03 bits per heavy atom. The minimum absolute atomic E-state index is 0.0352. The number of halogens is 2. The minimum Gasteiger partial charge on any atom is -0.488 e. The van der Waals surface area contributed by atoms with Crippen LogP contribution >= 0.6 is 39.3 Å². The summed E-state index contributed by atoms with van der Waals surface area (Å²) >= 11 is 11.0. The number of carbonyl (C=O) groups excluding carboxylic acids is 1. The second-order valence-electron chi connectivity index (χ2n) is 8.56. The minimum atomic E-state index is -0.0352. The fourth-order valence-corrected chi connectivity index (χ4v) is 5.75. The van der Waals surface area contributed by atoms with Crippen LogP contribution in [-0.2, 0) is 11.4 Å². The second-order valence-corrected chi connectivity index (χ2v) is 10.9. The van der Waals surface area contributed by atoms with Crippen LogP contribution in [0.4, 0.5) is 5.69 Å². The Morgan fingerprint density at radius 2 is 1.81 bits per heavy atom. The zero-order valence-electron chi connectivity index (χ0n) is 20.2. The molecule has 1 fully saturated rings. The molecule has 4 aromatic carbocycles. The first-order valence-corrected chi connectivity index (χ1v) is 14.0. The maximum absolute atomic E-state index is 13.2. The lowest BCUT2D eigenvalue weighted by molar-refractivity contribution is -0.122. The van der Waals surface area contributed by atoms with Gasteiger partial charge in [0.05, 0.1) is 15.1 Å². The van der Waals surface area contributed by atoms with Crippen molar-refractivity contribution < 1.29 is 9.53 Å². The molecule has 4 aromatic rings. The van der Waals surface area contributed by atoms with Gasteiger partial charge in [0.2, 0.25) is 0 Å². The first kappa shape index (κ1) is 25.6. The van der Waals surface area contributed by atoms with Crippen LogP contribution < -0.4 is 4.74 Å². The van der Waals surface area contributed by atoms with Crippen molar-refractivity contribution >= 4 is 72.9 Å². The molecule has 0 unspecified atom stereocenters. The van der Waals surface area contributed by atoms with Gasteiger partial charge in [0, 0.05) is 11.6 Å². The number of amides is 1. The quantitative estimate of drug-likeness (QED) is 0.202. The molecule has 0 atom stereocenters. The standard InChI is InChI=1S/C30H24BrClN2O2S/c1-2-16-34-29(35)28(37-30(34)33-24-13-11-23(32)12-14-24)18-20-10-15-27(26(31)17-20)36-19-22-8-5-7-21-6-3-4-9-25(21)22/h3-15,17-18H,2,16,19H2,1H3/b28-18-,33-30?. The van der Waals surface area contributed by atoms with Gasteiger partial charge in [-0.1, -0.05) is 67.1 Å². The van der Waals surface area contributed by atoms with Gasteiger partial charge >= 0.3 is 0 Å².